The molecule has 1 nitrogen and oxygen atoms in total. The zero-order chi connectivity index (χ0) is 22.9. The van der Waals surface area contributed by atoms with Gasteiger partial charge in [-0.05, 0) is 90.7 Å². The lowest BCUT2D eigenvalue weighted by molar-refractivity contribution is 0.140. The molecule has 2 fully saturated rings. The van der Waals surface area contributed by atoms with Gasteiger partial charge in [-0.1, -0.05) is 95.2 Å². The highest BCUT2D eigenvalue weighted by Gasteiger charge is 2.30. The van der Waals surface area contributed by atoms with Crippen molar-refractivity contribution in [2.24, 2.45) is 23.7 Å². The minimum Gasteiger partial charge on any atom is -0.490 e. The maximum absolute atomic E-state index is 5.68. The van der Waals surface area contributed by atoms with Gasteiger partial charge in [0.15, 0.2) is 0 Å². The van der Waals surface area contributed by atoms with Crippen LogP contribution in [-0.4, -0.2) is 6.61 Å². The molecular formula is C32H46O. The second kappa shape index (κ2) is 12.6. The SMILES string of the molecule is C=CCOc1ccc2cc(CCC3CCC(C4CCC(CCCCC)CC4)CC3)ccc2c1. The van der Waals surface area contributed by atoms with Crippen LogP contribution in [0.1, 0.15) is 96.0 Å². The summed E-state index contributed by atoms with van der Waals surface area (Å²) in [6.07, 6.45) is 22.2. The molecule has 0 saturated heterocycles. The van der Waals surface area contributed by atoms with Crippen molar-refractivity contribution >= 4 is 10.8 Å². The largest absolute Gasteiger partial charge is 0.490 e. The Kier molecular flexibility index (Phi) is 9.33. The van der Waals surface area contributed by atoms with E-state index >= 15 is 0 Å². The third-order valence-corrected chi connectivity index (χ3v) is 8.75. The first kappa shape index (κ1) is 24.4. The highest BCUT2D eigenvalue weighted by Crippen LogP contribution is 2.43. The predicted octanol–water partition coefficient (Wildman–Crippen LogP) is 9.53. The van der Waals surface area contributed by atoms with E-state index in [1.54, 1.807) is 6.08 Å². The van der Waals surface area contributed by atoms with Gasteiger partial charge in [0.1, 0.15) is 12.4 Å². The molecule has 2 aliphatic rings. The smallest absolute Gasteiger partial charge is 0.120 e. The van der Waals surface area contributed by atoms with E-state index in [0.717, 1.165) is 29.4 Å². The molecule has 0 heterocycles. The van der Waals surface area contributed by atoms with Crippen molar-refractivity contribution in [3.05, 3.63) is 54.6 Å². The minimum atomic E-state index is 0.562. The number of aryl methyl sites for hydroxylation is 1. The minimum absolute atomic E-state index is 0.562. The van der Waals surface area contributed by atoms with Crippen molar-refractivity contribution in [2.75, 3.05) is 6.61 Å². The van der Waals surface area contributed by atoms with Crippen molar-refractivity contribution in [2.45, 2.75) is 96.8 Å². The van der Waals surface area contributed by atoms with Crippen LogP contribution >= 0.6 is 0 Å². The standard InChI is InChI=1S/C32H46O/c1-3-5-6-7-25-10-15-28(16-11-25)29-17-12-26(13-18-29)8-9-27-14-19-31-24-32(33-22-4-2)21-20-30(31)23-27/h4,14,19-21,23-26,28-29H,2-3,5-13,15-18,22H2,1H3. The Hall–Kier alpha value is -1.76. The summed E-state index contributed by atoms with van der Waals surface area (Å²) in [4.78, 5) is 0. The third-order valence-electron chi connectivity index (χ3n) is 8.75. The molecule has 0 radical (unpaired) electrons. The molecule has 2 aromatic carbocycles. The van der Waals surface area contributed by atoms with Crippen LogP contribution in [0.15, 0.2) is 49.1 Å². The molecule has 0 spiro atoms. The summed E-state index contributed by atoms with van der Waals surface area (Å²) in [5.74, 6) is 5.01. The molecule has 2 aliphatic carbocycles. The van der Waals surface area contributed by atoms with E-state index in [4.69, 9.17) is 4.74 Å². The number of hydrogen-bond donors (Lipinski definition) is 0. The number of ether oxygens (including phenoxy) is 1. The molecule has 180 valence electrons. The fourth-order valence-electron chi connectivity index (χ4n) is 6.62. The summed E-state index contributed by atoms with van der Waals surface area (Å²) >= 11 is 0. The Bertz CT molecular complexity index is 852. The van der Waals surface area contributed by atoms with Gasteiger partial charge < -0.3 is 4.74 Å². The first-order valence-corrected chi connectivity index (χ1v) is 14.0. The Morgan fingerprint density at radius 3 is 2.09 bits per heavy atom. The summed E-state index contributed by atoms with van der Waals surface area (Å²) < 4.78 is 5.68. The molecule has 0 unspecified atom stereocenters. The van der Waals surface area contributed by atoms with Gasteiger partial charge in [0, 0.05) is 0 Å². The van der Waals surface area contributed by atoms with Gasteiger partial charge in [0.2, 0.25) is 0 Å². The van der Waals surface area contributed by atoms with E-state index in [1.165, 1.54) is 106 Å². The molecule has 33 heavy (non-hydrogen) atoms. The second-order valence-electron chi connectivity index (χ2n) is 11.0. The number of hydrogen-bond acceptors (Lipinski definition) is 1. The van der Waals surface area contributed by atoms with Gasteiger partial charge in [-0.25, -0.2) is 0 Å². The average molecular weight is 447 g/mol. The van der Waals surface area contributed by atoms with Crippen molar-refractivity contribution < 1.29 is 4.74 Å². The van der Waals surface area contributed by atoms with E-state index in [-0.39, 0.29) is 0 Å². The molecule has 0 N–H and O–H groups in total. The molecule has 0 aliphatic heterocycles. The van der Waals surface area contributed by atoms with E-state index in [0.29, 0.717) is 6.61 Å². The fraction of sp³-hybridized carbons (Fsp3) is 0.625. The summed E-state index contributed by atoms with van der Waals surface area (Å²) in [6, 6.07) is 13.4. The van der Waals surface area contributed by atoms with Gasteiger partial charge in [0.05, 0.1) is 0 Å². The molecule has 1 heteroatoms. The monoisotopic (exact) mass is 446 g/mol. The molecule has 0 atom stereocenters. The quantitative estimate of drug-likeness (QED) is 0.246. The Balaban J connectivity index is 1.18. The topological polar surface area (TPSA) is 9.23 Å². The van der Waals surface area contributed by atoms with Gasteiger partial charge >= 0.3 is 0 Å². The van der Waals surface area contributed by atoms with Crippen LogP contribution in [0.25, 0.3) is 10.8 Å². The first-order valence-electron chi connectivity index (χ1n) is 14.0. The van der Waals surface area contributed by atoms with Crippen molar-refractivity contribution in [1.29, 1.82) is 0 Å². The molecule has 0 amide bonds. The number of fused-ring (bicyclic) bond motifs is 1. The Morgan fingerprint density at radius 2 is 1.42 bits per heavy atom. The van der Waals surface area contributed by atoms with Gasteiger partial charge in [-0.2, -0.15) is 0 Å². The van der Waals surface area contributed by atoms with Crippen LogP contribution in [0.2, 0.25) is 0 Å². The third kappa shape index (κ3) is 7.11. The highest BCUT2D eigenvalue weighted by molar-refractivity contribution is 5.84. The highest BCUT2D eigenvalue weighted by atomic mass is 16.5. The molecule has 0 aromatic heterocycles. The normalized spacial score (nSPS) is 25.7. The summed E-state index contributed by atoms with van der Waals surface area (Å²) in [7, 11) is 0. The lowest BCUT2D eigenvalue weighted by Gasteiger charge is -2.38. The zero-order valence-electron chi connectivity index (χ0n) is 21.1. The summed E-state index contributed by atoms with van der Waals surface area (Å²) in [5, 5.41) is 2.59. The Labute approximate surface area is 203 Å². The van der Waals surface area contributed by atoms with Crippen LogP contribution in [0, 0.1) is 23.7 Å². The van der Waals surface area contributed by atoms with Crippen LogP contribution in [0.4, 0.5) is 0 Å². The van der Waals surface area contributed by atoms with E-state index < -0.39 is 0 Å². The van der Waals surface area contributed by atoms with Gasteiger partial charge in [-0.15, -0.1) is 0 Å². The molecule has 0 bridgehead atoms. The molecule has 2 aromatic rings. The van der Waals surface area contributed by atoms with Crippen LogP contribution in [0.5, 0.6) is 5.75 Å². The molecular weight excluding hydrogens is 400 g/mol. The lowest BCUT2D eigenvalue weighted by atomic mass is 9.68. The van der Waals surface area contributed by atoms with Crippen LogP contribution < -0.4 is 4.74 Å². The number of benzene rings is 2. The fourth-order valence-corrected chi connectivity index (χ4v) is 6.62. The van der Waals surface area contributed by atoms with Crippen LogP contribution in [0.3, 0.4) is 0 Å². The molecule has 4 rings (SSSR count). The van der Waals surface area contributed by atoms with E-state index in [9.17, 15) is 0 Å². The van der Waals surface area contributed by atoms with E-state index in [1.807, 2.05) is 0 Å². The van der Waals surface area contributed by atoms with Gasteiger partial charge in [-0.3, -0.25) is 0 Å². The number of rotatable bonds is 11. The van der Waals surface area contributed by atoms with Crippen molar-refractivity contribution in [3.8, 4) is 5.75 Å². The van der Waals surface area contributed by atoms with Gasteiger partial charge in [0.25, 0.3) is 0 Å². The first-order chi connectivity index (χ1) is 16.2. The van der Waals surface area contributed by atoms with Crippen molar-refractivity contribution in [3.63, 3.8) is 0 Å². The zero-order valence-corrected chi connectivity index (χ0v) is 21.1. The molecule has 2 saturated carbocycles. The van der Waals surface area contributed by atoms with Crippen molar-refractivity contribution in [1.82, 2.24) is 0 Å². The van der Waals surface area contributed by atoms with Crippen LogP contribution in [-0.2, 0) is 6.42 Å². The summed E-state index contributed by atoms with van der Waals surface area (Å²) in [6.45, 7) is 6.61. The maximum Gasteiger partial charge on any atom is 0.120 e. The predicted molar refractivity (Wildman–Crippen MR) is 143 cm³/mol. The Morgan fingerprint density at radius 1 is 0.788 bits per heavy atom. The second-order valence-corrected chi connectivity index (χ2v) is 11.0. The average Bonchev–Trinajstić information content (AvgIpc) is 2.87. The summed E-state index contributed by atoms with van der Waals surface area (Å²) in [5.41, 5.74) is 1.49. The van der Waals surface area contributed by atoms with E-state index in [2.05, 4.69) is 49.9 Å². The lowest BCUT2D eigenvalue weighted by Crippen LogP contribution is -2.26. The number of unbranched alkanes of at least 4 members (excludes halogenated alkanes) is 2. The maximum atomic E-state index is 5.68.